The first-order valence-corrected chi connectivity index (χ1v) is 5.94. The molecular weight excluding hydrogens is 290 g/mol. The van der Waals surface area contributed by atoms with Gasteiger partial charge in [-0.25, -0.2) is 4.98 Å². The number of Topliss-reactive ketones (excluding diaryl/α,β-unsaturated/α-hetero) is 1. The van der Waals surface area contributed by atoms with E-state index in [0.717, 1.165) is 0 Å². The van der Waals surface area contributed by atoms with Crippen LogP contribution in [0, 0.1) is 10.1 Å². The van der Waals surface area contributed by atoms with Crippen LogP contribution in [0.1, 0.15) is 12.8 Å². The molecule has 1 aliphatic rings. The molecule has 0 aromatic carbocycles. The van der Waals surface area contributed by atoms with Gasteiger partial charge in [-0.1, -0.05) is 0 Å². The molecule has 17 heavy (non-hydrogen) atoms. The molecule has 6 nitrogen and oxygen atoms in total. The predicted molar refractivity (Wildman–Crippen MR) is 65.0 cm³/mol. The Kier molecular flexibility index (Phi) is 3.37. The summed E-state index contributed by atoms with van der Waals surface area (Å²) in [5, 5.41) is 10.9. The van der Waals surface area contributed by atoms with Gasteiger partial charge in [-0.2, -0.15) is 0 Å². The molecule has 0 saturated carbocycles. The Morgan fingerprint density at radius 2 is 2.06 bits per heavy atom. The molecular formula is C10H10BrN3O3. The molecule has 0 aliphatic carbocycles. The van der Waals surface area contributed by atoms with Gasteiger partial charge in [-0.15, -0.1) is 0 Å². The molecule has 0 N–H and O–H groups in total. The second-order valence-corrected chi connectivity index (χ2v) is 4.69. The molecule has 2 rings (SSSR count). The number of anilines is 1. The summed E-state index contributed by atoms with van der Waals surface area (Å²) in [6.45, 7) is 0.989. The van der Waals surface area contributed by atoms with E-state index in [0.29, 0.717) is 36.2 Å². The van der Waals surface area contributed by atoms with Gasteiger partial charge in [0.05, 0.1) is 4.92 Å². The number of halogens is 1. The molecule has 1 fully saturated rings. The van der Waals surface area contributed by atoms with E-state index < -0.39 is 4.92 Å². The topological polar surface area (TPSA) is 76.3 Å². The summed E-state index contributed by atoms with van der Waals surface area (Å²) in [5.74, 6) is 0.534. The molecule has 1 saturated heterocycles. The summed E-state index contributed by atoms with van der Waals surface area (Å²) < 4.78 is 0.570. The van der Waals surface area contributed by atoms with Crippen LogP contribution >= 0.6 is 15.9 Å². The number of rotatable bonds is 2. The number of nitro groups is 1. The fourth-order valence-corrected chi connectivity index (χ4v) is 2.09. The Balaban J connectivity index is 2.31. The summed E-state index contributed by atoms with van der Waals surface area (Å²) in [6.07, 6.45) is 2.38. The highest BCUT2D eigenvalue weighted by Gasteiger charge is 2.25. The number of carbonyl (C=O) groups is 1. The Morgan fingerprint density at radius 1 is 1.41 bits per heavy atom. The highest BCUT2D eigenvalue weighted by Crippen LogP contribution is 2.29. The molecule has 1 aromatic heterocycles. The Hall–Kier alpha value is -1.50. The van der Waals surface area contributed by atoms with Crippen LogP contribution < -0.4 is 4.90 Å². The van der Waals surface area contributed by atoms with Crippen LogP contribution in [0.3, 0.4) is 0 Å². The SMILES string of the molecule is O=C1CCN(c2ncc(Br)cc2[N+](=O)[O-])CC1. The van der Waals surface area contributed by atoms with E-state index in [1.54, 1.807) is 4.90 Å². The molecule has 0 spiro atoms. The minimum absolute atomic E-state index is 0.0336. The zero-order valence-electron chi connectivity index (χ0n) is 8.93. The summed E-state index contributed by atoms with van der Waals surface area (Å²) in [6, 6.07) is 1.43. The van der Waals surface area contributed by atoms with Crippen LogP contribution in [-0.2, 0) is 4.79 Å². The van der Waals surface area contributed by atoms with Crippen LogP contribution in [-0.4, -0.2) is 28.8 Å². The molecule has 90 valence electrons. The van der Waals surface area contributed by atoms with Gasteiger partial charge in [0.1, 0.15) is 5.78 Å². The van der Waals surface area contributed by atoms with Crippen molar-refractivity contribution in [3.05, 3.63) is 26.9 Å². The molecule has 0 bridgehead atoms. The number of hydrogen-bond acceptors (Lipinski definition) is 5. The minimum atomic E-state index is -0.455. The molecule has 1 aliphatic heterocycles. The number of nitrogens with zero attached hydrogens (tertiary/aromatic N) is 3. The molecule has 0 atom stereocenters. The lowest BCUT2D eigenvalue weighted by Gasteiger charge is -2.26. The number of carbonyl (C=O) groups excluding carboxylic acids is 1. The lowest BCUT2D eigenvalue weighted by molar-refractivity contribution is -0.384. The van der Waals surface area contributed by atoms with Crippen molar-refractivity contribution in [3.63, 3.8) is 0 Å². The lowest BCUT2D eigenvalue weighted by atomic mass is 10.1. The van der Waals surface area contributed by atoms with E-state index in [-0.39, 0.29) is 11.5 Å². The van der Waals surface area contributed by atoms with Crippen LogP contribution in [0.15, 0.2) is 16.7 Å². The van der Waals surface area contributed by atoms with E-state index in [1.165, 1.54) is 12.3 Å². The van der Waals surface area contributed by atoms with Crippen molar-refractivity contribution in [3.8, 4) is 0 Å². The summed E-state index contributed by atoms with van der Waals surface area (Å²) in [5.41, 5.74) is -0.0336. The van der Waals surface area contributed by atoms with Gasteiger partial charge < -0.3 is 4.90 Å². The van der Waals surface area contributed by atoms with Crippen molar-refractivity contribution >= 4 is 33.2 Å². The average Bonchev–Trinajstić information content (AvgIpc) is 2.30. The Bertz CT molecular complexity index is 468. The van der Waals surface area contributed by atoms with Crippen molar-refractivity contribution in [1.82, 2.24) is 4.98 Å². The monoisotopic (exact) mass is 299 g/mol. The molecule has 0 amide bonds. The number of pyridine rings is 1. The third kappa shape index (κ3) is 2.60. The molecule has 7 heteroatoms. The first-order valence-electron chi connectivity index (χ1n) is 5.14. The molecule has 1 aromatic rings. The number of aromatic nitrogens is 1. The standard InChI is InChI=1S/C10H10BrN3O3/c11-7-5-9(14(16)17)10(12-6-7)13-3-1-8(15)2-4-13/h5-6H,1-4H2. The summed E-state index contributed by atoms with van der Waals surface area (Å²) in [7, 11) is 0. The van der Waals surface area contributed by atoms with E-state index in [1.807, 2.05) is 0 Å². The van der Waals surface area contributed by atoms with E-state index >= 15 is 0 Å². The summed E-state index contributed by atoms with van der Waals surface area (Å²) >= 11 is 3.16. The van der Waals surface area contributed by atoms with Crippen molar-refractivity contribution in [1.29, 1.82) is 0 Å². The highest BCUT2D eigenvalue weighted by molar-refractivity contribution is 9.10. The number of hydrogen-bond donors (Lipinski definition) is 0. The normalized spacial score (nSPS) is 16.1. The van der Waals surface area contributed by atoms with Gasteiger partial charge in [0.2, 0.25) is 5.82 Å². The van der Waals surface area contributed by atoms with Gasteiger partial charge in [-0.3, -0.25) is 14.9 Å². The van der Waals surface area contributed by atoms with Crippen LogP contribution in [0.2, 0.25) is 0 Å². The van der Waals surface area contributed by atoms with Crippen molar-refractivity contribution < 1.29 is 9.72 Å². The second-order valence-electron chi connectivity index (χ2n) is 3.78. The van der Waals surface area contributed by atoms with E-state index in [4.69, 9.17) is 0 Å². The highest BCUT2D eigenvalue weighted by atomic mass is 79.9. The number of piperidine rings is 1. The lowest BCUT2D eigenvalue weighted by Crippen LogP contribution is -2.34. The quantitative estimate of drug-likeness (QED) is 0.616. The zero-order valence-corrected chi connectivity index (χ0v) is 10.5. The van der Waals surface area contributed by atoms with E-state index in [9.17, 15) is 14.9 Å². The number of ketones is 1. The van der Waals surface area contributed by atoms with E-state index in [2.05, 4.69) is 20.9 Å². The maximum absolute atomic E-state index is 11.1. The van der Waals surface area contributed by atoms with Crippen molar-refractivity contribution in [2.45, 2.75) is 12.8 Å². The molecule has 2 heterocycles. The third-order valence-electron chi connectivity index (χ3n) is 2.63. The average molecular weight is 300 g/mol. The zero-order chi connectivity index (χ0) is 12.4. The van der Waals surface area contributed by atoms with Gasteiger partial charge in [-0.05, 0) is 15.9 Å². The van der Waals surface area contributed by atoms with Gasteiger partial charge >= 0.3 is 5.69 Å². The van der Waals surface area contributed by atoms with Gasteiger partial charge in [0.15, 0.2) is 0 Å². The van der Waals surface area contributed by atoms with Crippen LogP contribution in [0.25, 0.3) is 0 Å². The summed E-state index contributed by atoms with van der Waals surface area (Å²) in [4.78, 5) is 27.5. The van der Waals surface area contributed by atoms with Gasteiger partial charge in [0, 0.05) is 42.7 Å². The van der Waals surface area contributed by atoms with Crippen LogP contribution in [0.4, 0.5) is 11.5 Å². The largest absolute Gasteiger partial charge is 0.350 e. The second kappa shape index (κ2) is 4.79. The molecule has 0 unspecified atom stereocenters. The first-order chi connectivity index (χ1) is 8.08. The van der Waals surface area contributed by atoms with Crippen LogP contribution in [0.5, 0.6) is 0 Å². The maximum Gasteiger partial charge on any atom is 0.312 e. The van der Waals surface area contributed by atoms with Gasteiger partial charge in [0.25, 0.3) is 0 Å². The maximum atomic E-state index is 11.1. The van der Waals surface area contributed by atoms with Crippen molar-refractivity contribution in [2.75, 3.05) is 18.0 Å². The minimum Gasteiger partial charge on any atom is -0.350 e. The smallest absolute Gasteiger partial charge is 0.312 e. The first kappa shape index (κ1) is 12.0. The Labute approximate surface area is 106 Å². The third-order valence-corrected chi connectivity index (χ3v) is 3.06. The fourth-order valence-electron chi connectivity index (χ4n) is 1.77. The Morgan fingerprint density at radius 3 is 2.65 bits per heavy atom. The molecule has 0 radical (unpaired) electrons. The fraction of sp³-hybridized carbons (Fsp3) is 0.400. The van der Waals surface area contributed by atoms with Crippen molar-refractivity contribution in [2.24, 2.45) is 0 Å². The predicted octanol–water partition coefficient (Wildman–Crippen LogP) is 1.92.